The van der Waals surface area contributed by atoms with E-state index in [9.17, 15) is 18.0 Å². The molecule has 1 aromatic rings. The maximum Gasteiger partial charge on any atom is 0.573 e. The summed E-state index contributed by atoms with van der Waals surface area (Å²) >= 11 is 0. The molecule has 0 spiro atoms. The van der Waals surface area contributed by atoms with Gasteiger partial charge in [0.2, 0.25) is 0 Å². The summed E-state index contributed by atoms with van der Waals surface area (Å²) in [5.74, 6) is -1.87. The third-order valence-corrected chi connectivity index (χ3v) is 2.17. The van der Waals surface area contributed by atoms with Crippen LogP contribution in [0.4, 0.5) is 13.2 Å². The molecule has 8 heteroatoms. The standard InChI is InChI=1S/C10H11F3N2O3/c1-5-9(18-10(11,12)13)7(2-8(16)17)6(3-14)4-15-5/h4H,2-3,14H2,1H3,(H,16,17). The number of carboxylic acids is 1. The monoisotopic (exact) mass is 264 g/mol. The molecule has 18 heavy (non-hydrogen) atoms. The van der Waals surface area contributed by atoms with Crippen LogP contribution in [0.2, 0.25) is 0 Å². The molecule has 0 aliphatic heterocycles. The first-order valence-corrected chi connectivity index (χ1v) is 4.89. The van der Waals surface area contributed by atoms with Crippen molar-refractivity contribution in [2.45, 2.75) is 26.3 Å². The Kier molecular flexibility index (Phi) is 4.12. The van der Waals surface area contributed by atoms with Crippen molar-refractivity contribution >= 4 is 5.97 Å². The van der Waals surface area contributed by atoms with Gasteiger partial charge in [-0.2, -0.15) is 0 Å². The highest BCUT2D eigenvalue weighted by molar-refractivity contribution is 5.72. The number of hydrogen-bond acceptors (Lipinski definition) is 4. The fourth-order valence-corrected chi connectivity index (χ4v) is 1.45. The number of nitrogens with zero attached hydrogens (tertiary/aromatic N) is 1. The second-order valence-corrected chi connectivity index (χ2v) is 3.50. The number of nitrogens with two attached hydrogens (primary N) is 1. The van der Waals surface area contributed by atoms with E-state index < -0.39 is 24.5 Å². The molecule has 3 N–H and O–H groups in total. The van der Waals surface area contributed by atoms with Gasteiger partial charge in [0.25, 0.3) is 0 Å². The molecule has 0 radical (unpaired) electrons. The van der Waals surface area contributed by atoms with Crippen molar-refractivity contribution in [2.75, 3.05) is 0 Å². The maximum absolute atomic E-state index is 12.2. The van der Waals surface area contributed by atoms with Gasteiger partial charge in [-0.25, -0.2) is 0 Å². The number of hydrogen-bond donors (Lipinski definition) is 2. The molecule has 0 unspecified atom stereocenters. The Labute approximate surface area is 100 Å². The molecule has 0 amide bonds. The van der Waals surface area contributed by atoms with E-state index in [0.717, 1.165) is 0 Å². The Morgan fingerprint density at radius 3 is 2.61 bits per heavy atom. The lowest BCUT2D eigenvalue weighted by molar-refractivity contribution is -0.275. The summed E-state index contributed by atoms with van der Waals surface area (Å²) < 4.78 is 40.6. The van der Waals surface area contributed by atoms with Crippen LogP contribution in [0.3, 0.4) is 0 Å². The Hall–Kier alpha value is -1.83. The summed E-state index contributed by atoms with van der Waals surface area (Å²) in [7, 11) is 0. The smallest absolute Gasteiger partial charge is 0.481 e. The summed E-state index contributed by atoms with van der Waals surface area (Å²) in [5, 5.41) is 8.70. The highest BCUT2D eigenvalue weighted by Gasteiger charge is 2.34. The lowest BCUT2D eigenvalue weighted by Crippen LogP contribution is -2.21. The van der Waals surface area contributed by atoms with Gasteiger partial charge in [-0.3, -0.25) is 9.78 Å². The van der Waals surface area contributed by atoms with E-state index in [4.69, 9.17) is 10.8 Å². The molecule has 0 bridgehead atoms. The predicted molar refractivity (Wildman–Crippen MR) is 54.9 cm³/mol. The largest absolute Gasteiger partial charge is 0.573 e. The zero-order valence-corrected chi connectivity index (χ0v) is 9.41. The molecule has 1 rings (SSSR count). The van der Waals surface area contributed by atoms with E-state index in [1.807, 2.05) is 0 Å². The number of rotatable bonds is 4. The van der Waals surface area contributed by atoms with Gasteiger partial charge >= 0.3 is 12.3 Å². The lowest BCUT2D eigenvalue weighted by atomic mass is 10.0. The molecule has 100 valence electrons. The lowest BCUT2D eigenvalue weighted by Gasteiger charge is -2.16. The minimum Gasteiger partial charge on any atom is -0.481 e. The van der Waals surface area contributed by atoms with Crippen molar-refractivity contribution in [1.29, 1.82) is 0 Å². The van der Waals surface area contributed by atoms with E-state index in [1.54, 1.807) is 0 Å². The Morgan fingerprint density at radius 2 is 2.17 bits per heavy atom. The first-order valence-electron chi connectivity index (χ1n) is 4.89. The second-order valence-electron chi connectivity index (χ2n) is 3.50. The van der Waals surface area contributed by atoms with Gasteiger partial charge < -0.3 is 15.6 Å². The van der Waals surface area contributed by atoms with Gasteiger partial charge in [0.15, 0.2) is 5.75 Å². The third kappa shape index (κ3) is 3.59. The van der Waals surface area contributed by atoms with Crippen LogP contribution in [0.1, 0.15) is 16.8 Å². The normalized spacial score (nSPS) is 11.4. The molecule has 0 fully saturated rings. The van der Waals surface area contributed by atoms with Crippen molar-refractivity contribution in [1.82, 2.24) is 4.98 Å². The first kappa shape index (κ1) is 14.2. The topological polar surface area (TPSA) is 85.4 Å². The van der Waals surface area contributed by atoms with Crippen LogP contribution in [0.15, 0.2) is 6.20 Å². The zero-order valence-electron chi connectivity index (χ0n) is 9.41. The Bertz CT molecular complexity index is 460. The van der Waals surface area contributed by atoms with Crippen molar-refractivity contribution in [2.24, 2.45) is 5.73 Å². The van der Waals surface area contributed by atoms with E-state index in [2.05, 4.69) is 9.72 Å². The van der Waals surface area contributed by atoms with E-state index in [1.165, 1.54) is 13.1 Å². The van der Waals surface area contributed by atoms with Crippen LogP contribution in [0.25, 0.3) is 0 Å². The molecular formula is C10H11F3N2O3. The van der Waals surface area contributed by atoms with E-state index in [0.29, 0.717) is 0 Å². The molecule has 0 saturated carbocycles. The molecule has 0 aliphatic rings. The van der Waals surface area contributed by atoms with Gasteiger partial charge in [0, 0.05) is 18.3 Å². The quantitative estimate of drug-likeness (QED) is 0.857. The van der Waals surface area contributed by atoms with Gasteiger partial charge in [-0.05, 0) is 12.5 Å². The van der Waals surface area contributed by atoms with Gasteiger partial charge in [0.1, 0.15) is 0 Å². The Morgan fingerprint density at radius 1 is 1.56 bits per heavy atom. The third-order valence-electron chi connectivity index (χ3n) is 2.17. The van der Waals surface area contributed by atoms with Crippen LogP contribution in [-0.2, 0) is 17.8 Å². The summed E-state index contributed by atoms with van der Waals surface area (Å²) in [6.45, 7) is 1.18. The average Bonchev–Trinajstić information content (AvgIpc) is 2.21. The van der Waals surface area contributed by atoms with Crippen molar-refractivity contribution in [3.8, 4) is 5.75 Å². The minimum absolute atomic E-state index is 0.0409. The average molecular weight is 264 g/mol. The number of aliphatic carboxylic acids is 1. The summed E-state index contributed by atoms with van der Waals surface area (Å²) in [4.78, 5) is 14.4. The van der Waals surface area contributed by atoms with Crippen LogP contribution in [-0.4, -0.2) is 22.4 Å². The number of halogens is 3. The fourth-order valence-electron chi connectivity index (χ4n) is 1.45. The summed E-state index contributed by atoms with van der Waals surface area (Å²) in [6.07, 6.45) is -4.27. The van der Waals surface area contributed by atoms with Crippen LogP contribution >= 0.6 is 0 Å². The highest BCUT2D eigenvalue weighted by Crippen LogP contribution is 2.31. The number of alkyl halides is 3. The van der Waals surface area contributed by atoms with Gasteiger partial charge in [-0.15, -0.1) is 13.2 Å². The molecule has 0 atom stereocenters. The SMILES string of the molecule is Cc1ncc(CN)c(CC(=O)O)c1OC(F)(F)F. The summed E-state index contributed by atoms with van der Waals surface area (Å²) in [6, 6.07) is 0. The van der Waals surface area contributed by atoms with Crippen molar-refractivity contribution in [3.63, 3.8) is 0 Å². The van der Waals surface area contributed by atoms with Crippen molar-refractivity contribution in [3.05, 3.63) is 23.0 Å². The molecule has 0 aliphatic carbocycles. The Balaban J connectivity index is 3.31. The highest BCUT2D eigenvalue weighted by atomic mass is 19.4. The van der Waals surface area contributed by atoms with Crippen LogP contribution in [0.5, 0.6) is 5.75 Å². The molecule has 1 heterocycles. The molecule has 1 aromatic heterocycles. The number of ether oxygens (including phenoxy) is 1. The number of carbonyl (C=O) groups is 1. The van der Waals surface area contributed by atoms with E-state index >= 15 is 0 Å². The predicted octanol–water partition coefficient (Wildman–Crippen LogP) is 1.37. The maximum atomic E-state index is 12.2. The van der Waals surface area contributed by atoms with Crippen LogP contribution < -0.4 is 10.5 Å². The minimum atomic E-state index is -4.91. The molecule has 5 nitrogen and oxygen atoms in total. The number of aryl methyl sites for hydroxylation is 1. The van der Waals surface area contributed by atoms with E-state index in [-0.39, 0.29) is 23.4 Å². The molecule has 0 aromatic carbocycles. The molecule has 0 saturated heterocycles. The second kappa shape index (κ2) is 5.21. The first-order chi connectivity index (χ1) is 8.24. The summed E-state index contributed by atoms with van der Waals surface area (Å²) in [5.41, 5.74) is 5.41. The number of pyridine rings is 1. The number of carboxylic acid groups (broad SMARTS) is 1. The number of aromatic nitrogens is 1. The molecular weight excluding hydrogens is 253 g/mol. The van der Waals surface area contributed by atoms with Gasteiger partial charge in [-0.1, -0.05) is 0 Å². The van der Waals surface area contributed by atoms with Gasteiger partial charge in [0.05, 0.1) is 12.1 Å². The fraction of sp³-hybridized carbons (Fsp3) is 0.400. The van der Waals surface area contributed by atoms with Crippen LogP contribution in [0, 0.1) is 6.92 Å². The zero-order chi connectivity index (χ0) is 13.9. The van der Waals surface area contributed by atoms with Crippen molar-refractivity contribution < 1.29 is 27.8 Å².